The Bertz CT molecular complexity index is 1140. The summed E-state index contributed by atoms with van der Waals surface area (Å²) in [7, 11) is -3.68. The molecule has 4 rings (SSSR count). The van der Waals surface area contributed by atoms with Crippen LogP contribution in [0.2, 0.25) is 0 Å². The number of nitrogens with zero attached hydrogens (tertiary/aromatic N) is 2. The zero-order valence-corrected chi connectivity index (χ0v) is 17.9. The Labute approximate surface area is 180 Å². The van der Waals surface area contributed by atoms with E-state index in [9.17, 15) is 17.2 Å². The van der Waals surface area contributed by atoms with Gasteiger partial charge in [0, 0.05) is 23.9 Å². The van der Waals surface area contributed by atoms with Gasteiger partial charge in [-0.1, -0.05) is 11.2 Å². The van der Waals surface area contributed by atoms with E-state index in [1.165, 1.54) is 30.3 Å². The van der Waals surface area contributed by atoms with E-state index < -0.39 is 15.8 Å². The molecule has 0 radical (unpaired) electrons. The van der Waals surface area contributed by atoms with Crippen molar-refractivity contribution >= 4 is 21.0 Å². The standard InChI is InChI=1S/C22H25F2N3O3S/c23-17-4-3-5-19(14-17)31(28,29)25-10-1-2-11-27-12-8-16(9-13-27)22-20-7-6-18(24)15-21(20)30-26-22/h3-7,14-16,25H,1-2,8-13H2. The quantitative estimate of drug-likeness (QED) is 0.525. The molecule has 31 heavy (non-hydrogen) atoms. The van der Waals surface area contributed by atoms with Crippen LogP contribution in [-0.2, 0) is 10.0 Å². The number of rotatable bonds is 8. The maximum absolute atomic E-state index is 13.3. The van der Waals surface area contributed by atoms with Crippen LogP contribution in [-0.4, -0.2) is 44.7 Å². The van der Waals surface area contributed by atoms with Gasteiger partial charge in [0.25, 0.3) is 0 Å². The molecule has 3 aromatic rings. The van der Waals surface area contributed by atoms with E-state index in [0.29, 0.717) is 24.5 Å². The number of likely N-dealkylation sites (tertiary alicyclic amines) is 1. The highest BCUT2D eigenvalue weighted by Crippen LogP contribution is 2.32. The Morgan fingerprint density at radius 2 is 1.84 bits per heavy atom. The lowest BCUT2D eigenvalue weighted by molar-refractivity contribution is 0.206. The largest absolute Gasteiger partial charge is 0.356 e. The highest BCUT2D eigenvalue weighted by atomic mass is 32.2. The van der Waals surface area contributed by atoms with Gasteiger partial charge in [0.05, 0.1) is 10.6 Å². The van der Waals surface area contributed by atoms with Crippen molar-refractivity contribution in [2.24, 2.45) is 0 Å². The summed E-state index contributed by atoms with van der Waals surface area (Å²) < 4.78 is 58.8. The summed E-state index contributed by atoms with van der Waals surface area (Å²) in [5.41, 5.74) is 1.39. The highest BCUT2D eigenvalue weighted by molar-refractivity contribution is 7.89. The fourth-order valence-electron chi connectivity index (χ4n) is 4.04. The van der Waals surface area contributed by atoms with Crippen LogP contribution in [0.25, 0.3) is 11.0 Å². The van der Waals surface area contributed by atoms with E-state index in [1.54, 1.807) is 6.07 Å². The predicted molar refractivity (Wildman–Crippen MR) is 113 cm³/mol. The minimum Gasteiger partial charge on any atom is -0.356 e. The van der Waals surface area contributed by atoms with Crippen LogP contribution < -0.4 is 4.72 Å². The van der Waals surface area contributed by atoms with Crippen molar-refractivity contribution in [1.82, 2.24) is 14.8 Å². The summed E-state index contributed by atoms with van der Waals surface area (Å²) >= 11 is 0. The monoisotopic (exact) mass is 449 g/mol. The van der Waals surface area contributed by atoms with Crippen LogP contribution in [0.5, 0.6) is 0 Å². The van der Waals surface area contributed by atoms with Gasteiger partial charge in [-0.05, 0) is 75.6 Å². The Balaban J connectivity index is 1.19. The number of nitrogens with one attached hydrogen (secondary N) is 1. The number of hydrogen-bond acceptors (Lipinski definition) is 5. The van der Waals surface area contributed by atoms with Crippen LogP contribution in [0, 0.1) is 11.6 Å². The van der Waals surface area contributed by atoms with Crippen molar-refractivity contribution in [2.75, 3.05) is 26.2 Å². The minimum atomic E-state index is -3.68. The molecular formula is C22H25F2N3O3S. The van der Waals surface area contributed by atoms with Crippen LogP contribution in [0.15, 0.2) is 51.9 Å². The van der Waals surface area contributed by atoms with Crippen molar-refractivity contribution in [3.05, 3.63) is 59.8 Å². The van der Waals surface area contributed by atoms with Gasteiger partial charge in [0.15, 0.2) is 5.58 Å². The van der Waals surface area contributed by atoms with E-state index in [1.807, 2.05) is 0 Å². The summed E-state index contributed by atoms with van der Waals surface area (Å²) in [6, 6.07) is 9.52. The first-order chi connectivity index (χ1) is 14.9. The third-order valence-electron chi connectivity index (χ3n) is 5.74. The Hall–Kier alpha value is -2.36. The number of benzene rings is 2. The van der Waals surface area contributed by atoms with Crippen molar-refractivity contribution < 1.29 is 21.7 Å². The molecule has 1 fully saturated rings. The molecule has 2 heterocycles. The van der Waals surface area contributed by atoms with Crippen LogP contribution in [0.3, 0.4) is 0 Å². The first-order valence-electron chi connectivity index (χ1n) is 10.4. The number of fused-ring (bicyclic) bond motifs is 1. The number of hydrogen-bond donors (Lipinski definition) is 1. The zero-order chi connectivity index (χ0) is 21.8. The molecule has 9 heteroatoms. The topological polar surface area (TPSA) is 75.4 Å². The van der Waals surface area contributed by atoms with E-state index in [2.05, 4.69) is 14.8 Å². The average molecular weight is 450 g/mol. The lowest BCUT2D eigenvalue weighted by atomic mass is 9.91. The average Bonchev–Trinajstić information content (AvgIpc) is 3.17. The molecule has 6 nitrogen and oxygen atoms in total. The van der Waals surface area contributed by atoms with Crippen LogP contribution >= 0.6 is 0 Å². The number of unbranched alkanes of at least 4 members (excludes halogenated alkanes) is 1. The molecule has 0 atom stereocenters. The first-order valence-corrected chi connectivity index (χ1v) is 11.9. The summed E-state index contributed by atoms with van der Waals surface area (Å²) in [6.45, 7) is 3.06. The Morgan fingerprint density at radius 1 is 1.06 bits per heavy atom. The van der Waals surface area contributed by atoms with Crippen molar-refractivity contribution in [2.45, 2.75) is 36.5 Å². The van der Waals surface area contributed by atoms with Crippen LogP contribution in [0.1, 0.15) is 37.3 Å². The molecule has 1 aliphatic heterocycles. The smallest absolute Gasteiger partial charge is 0.240 e. The fourth-order valence-corrected chi connectivity index (χ4v) is 5.14. The minimum absolute atomic E-state index is 0.0577. The number of aromatic nitrogens is 1. The van der Waals surface area contributed by atoms with E-state index in [0.717, 1.165) is 56.0 Å². The second-order valence-corrected chi connectivity index (χ2v) is 9.65. The molecule has 2 aromatic carbocycles. The molecule has 0 saturated carbocycles. The van der Waals surface area contributed by atoms with Gasteiger partial charge in [0.2, 0.25) is 10.0 Å². The third kappa shape index (κ3) is 5.28. The van der Waals surface area contributed by atoms with Gasteiger partial charge in [-0.2, -0.15) is 0 Å². The maximum atomic E-state index is 13.3. The zero-order valence-electron chi connectivity index (χ0n) is 17.1. The van der Waals surface area contributed by atoms with E-state index >= 15 is 0 Å². The highest BCUT2D eigenvalue weighted by Gasteiger charge is 2.25. The molecule has 166 valence electrons. The maximum Gasteiger partial charge on any atom is 0.240 e. The van der Waals surface area contributed by atoms with E-state index in [4.69, 9.17) is 4.52 Å². The van der Waals surface area contributed by atoms with Gasteiger partial charge in [0.1, 0.15) is 11.6 Å². The molecule has 1 aromatic heterocycles. The summed E-state index contributed by atoms with van der Waals surface area (Å²) in [5.74, 6) is -0.610. The summed E-state index contributed by atoms with van der Waals surface area (Å²) in [6.07, 6.45) is 3.47. The summed E-state index contributed by atoms with van der Waals surface area (Å²) in [4.78, 5) is 2.30. The third-order valence-corrected chi connectivity index (χ3v) is 7.19. The van der Waals surface area contributed by atoms with Crippen molar-refractivity contribution in [1.29, 1.82) is 0 Å². The van der Waals surface area contributed by atoms with Gasteiger partial charge in [-0.15, -0.1) is 0 Å². The molecule has 0 aliphatic carbocycles. The second kappa shape index (κ2) is 9.42. The fraction of sp³-hybridized carbons (Fsp3) is 0.409. The van der Waals surface area contributed by atoms with Gasteiger partial charge in [-0.3, -0.25) is 0 Å². The molecule has 1 aliphatic rings. The van der Waals surface area contributed by atoms with Crippen LogP contribution in [0.4, 0.5) is 8.78 Å². The number of sulfonamides is 1. The molecule has 0 unspecified atom stereocenters. The Morgan fingerprint density at radius 3 is 2.61 bits per heavy atom. The predicted octanol–water partition coefficient (Wildman–Crippen LogP) is 4.04. The molecule has 0 spiro atoms. The lowest BCUT2D eigenvalue weighted by Gasteiger charge is -2.31. The van der Waals surface area contributed by atoms with Crippen molar-refractivity contribution in [3.8, 4) is 0 Å². The SMILES string of the molecule is O=S(=O)(NCCCCN1CCC(c2noc3cc(F)ccc23)CC1)c1cccc(F)c1. The number of piperidine rings is 1. The molecular weight excluding hydrogens is 424 g/mol. The second-order valence-electron chi connectivity index (χ2n) is 7.89. The molecule has 1 saturated heterocycles. The van der Waals surface area contributed by atoms with Gasteiger partial charge in [-0.25, -0.2) is 21.9 Å². The molecule has 0 amide bonds. The number of halogens is 2. The molecule has 1 N–H and O–H groups in total. The summed E-state index contributed by atoms with van der Waals surface area (Å²) in [5, 5.41) is 5.06. The first kappa shape index (κ1) is 21.9. The van der Waals surface area contributed by atoms with E-state index in [-0.39, 0.29) is 10.7 Å². The lowest BCUT2D eigenvalue weighted by Crippen LogP contribution is -2.34. The normalized spacial score (nSPS) is 16.2. The molecule has 0 bridgehead atoms. The Kier molecular flexibility index (Phi) is 6.64. The van der Waals surface area contributed by atoms with Crippen molar-refractivity contribution in [3.63, 3.8) is 0 Å². The van der Waals surface area contributed by atoms with Gasteiger partial charge < -0.3 is 9.42 Å². The van der Waals surface area contributed by atoms with Gasteiger partial charge >= 0.3 is 0 Å².